The van der Waals surface area contributed by atoms with Gasteiger partial charge in [-0.1, -0.05) is 27.7 Å². The summed E-state index contributed by atoms with van der Waals surface area (Å²) in [5.41, 5.74) is 0.437. The number of hydrogen-bond acceptors (Lipinski definition) is 6. The quantitative estimate of drug-likeness (QED) is 0.501. The van der Waals surface area contributed by atoms with Crippen LogP contribution in [0.25, 0.3) is 0 Å². The smallest absolute Gasteiger partial charge is 0.256 e. The Hall–Kier alpha value is -1.29. The van der Waals surface area contributed by atoms with Crippen LogP contribution < -0.4 is 5.56 Å². The van der Waals surface area contributed by atoms with Crippen LogP contribution >= 0.6 is 0 Å². The van der Waals surface area contributed by atoms with Gasteiger partial charge in [-0.15, -0.1) is 0 Å². The lowest BCUT2D eigenvalue weighted by Gasteiger charge is -2.38. The topological polar surface area (TPSA) is 82.7 Å². The molecule has 2 aliphatic heterocycles. The lowest BCUT2D eigenvalue weighted by Crippen LogP contribution is -2.44. The number of nitrogens with zero attached hydrogens (tertiary/aromatic N) is 2. The molecule has 0 unspecified atom stereocenters. The summed E-state index contributed by atoms with van der Waals surface area (Å²) in [5, 5.41) is 10.4. The molecule has 2 aliphatic rings. The predicted octanol–water partition coefficient (Wildman–Crippen LogP) is 4.95. The Morgan fingerprint density at radius 2 is 1.79 bits per heavy atom. The number of pyridine rings is 1. The number of rotatable bonds is 7. The van der Waals surface area contributed by atoms with Gasteiger partial charge in [-0.3, -0.25) is 4.79 Å². The van der Waals surface area contributed by atoms with Crippen LogP contribution in [0, 0.1) is 11.3 Å². The van der Waals surface area contributed by atoms with E-state index < -0.39 is 28.0 Å². The Kier molecular flexibility index (Phi) is 6.97. The maximum atomic E-state index is 13.9. The standard InChI is InChI=1S/C24H40N2O5Si2/c1-10-23(17-25,31-32(5,6)7)19-15-20-24(28-13-14-29-24)11-12-26(20)21(27)18(19)16-30-33(8,9)22(2,3)4/h15H,10-14,16H2,1-9H3/t23-/m0/s1. The second kappa shape index (κ2) is 8.74. The van der Waals surface area contributed by atoms with Gasteiger partial charge in [0, 0.05) is 24.1 Å². The number of ether oxygens (including phenoxy) is 2. The van der Waals surface area contributed by atoms with Gasteiger partial charge in [-0.2, -0.15) is 5.26 Å². The average Bonchev–Trinajstić information content (AvgIpc) is 3.32. The third-order valence-electron chi connectivity index (χ3n) is 7.19. The molecule has 0 radical (unpaired) electrons. The van der Waals surface area contributed by atoms with Crippen LogP contribution in [0.4, 0.5) is 0 Å². The van der Waals surface area contributed by atoms with Crippen molar-refractivity contribution in [2.24, 2.45) is 0 Å². The van der Waals surface area contributed by atoms with E-state index in [-0.39, 0.29) is 17.2 Å². The minimum atomic E-state index is -2.14. The summed E-state index contributed by atoms with van der Waals surface area (Å²) >= 11 is 0. The minimum absolute atomic E-state index is 0.00155. The van der Waals surface area contributed by atoms with Crippen molar-refractivity contribution in [2.75, 3.05) is 13.2 Å². The van der Waals surface area contributed by atoms with Crippen LogP contribution in [0.15, 0.2) is 10.9 Å². The zero-order valence-corrected chi connectivity index (χ0v) is 23.8. The van der Waals surface area contributed by atoms with Crippen LogP contribution in [0.2, 0.25) is 37.8 Å². The molecule has 0 amide bonds. The maximum absolute atomic E-state index is 13.9. The fourth-order valence-electron chi connectivity index (χ4n) is 4.33. The van der Waals surface area contributed by atoms with Crippen molar-refractivity contribution in [3.05, 3.63) is 33.2 Å². The fraction of sp³-hybridized carbons (Fsp3) is 0.750. The van der Waals surface area contributed by atoms with E-state index >= 15 is 0 Å². The summed E-state index contributed by atoms with van der Waals surface area (Å²) in [4.78, 5) is 13.9. The van der Waals surface area contributed by atoms with Gasteiger partial charge in [0.2, 0.25) is 5.79 Å². The van der Waals surface area contributed by atoms with Crippen molar-refractivity contribution in [1.29, 1.82) is 5.26 Å². The van der Waals surface area contributed by atoms with E-state index in [0.717, 1.165) is 0 Å². The molecule has 7 nitrogen and oxygen atoms in total. The zero-order chi connectivity index (χ0) is 24.9. The molecule has 1 atom stereocenters. The first-order valence-electron chi connectivity index (χ1n) is 11.9. The van der Waals surface area contributed by atoms with Crippen molar-refractivity contribution in [3.63, 3.8) is 0 Å². The highest BCUT2D eigenvalue weighted by atomic mass is 28.4. The Balaban J connectivity index is 2.22. The molecule has 1 aromatic heterocycles. The molecule has 1 saturated heterocycles. The Morgan fingerprint density at radius 1 is 1.18 bits per heavy atom. The van der Waals surface area contributed by atoms with Gasteiger partial charge in [0.25, 0.3) is 5.56 Å². The Labute approximate surface area is 200 Å². The molecule has 0 aliphatic carbocycles. The van der Waals surface area contributed by atoms with E-state index in [2.05, 4.69) is 59.6 Å². The third kappa shape index (κ3) is 4.79. The van der Waals surface area contributed by atoms with Gasteiger partial charge in [-0.25, -0.2) is 0 Å². The predicted molar refractivity (Wildman–Crippen MR) is 133 cm³/mol. The van der Waals surface area contributed by atoms with Crippen LogP contribution in [-0.4, -0.2) is 34.4 Å². The summed E-state index contributed by atoms with van der Waals surface area (Å²) in [6, 6.07) is 4.37. The number of aromatic nitrogens is 1. The largest absolute Gasteiger partial charge is 0.412 e. The van der Waals surface area contributed by atoms with Gasteiger partial charge in [-0.05, 0) is 50.3 Å². The first-order valence-corrected chi connectivity index (χ1v) is 18.2. The zero-order valence-electron chi connectivity index (χ0n) is 21.8. The molecule has 0 bridgehead atoms. The van der Waals surface area contributed by atoms with E-state index in [1.165, 1.54) is 0 Å². The summed E-state index contributed by atoms with van der Waals surface area (Å²) in [7, 11) is -4.27. The third-order valence-corrected chi connectivity index (χ3v) is 12.6. The van der Waals surface area contributed by atoms with Crippen molar-refractivity contribution in [3.8, 4) is 6.07 Å². The lowest BCUT2D eigenvalue weighted by molar-refractivity contribution is -0.163. The normalized spacial score (nSPS) is 20.0. The number of fused-ring (bicyclic) bond motifs is 2. The molecule has 1 spiro atoms. The summed E-state index contributed by atoms with van der Waals surface area (Å²) in [6.45, 7) is 20.6. The van der Waals surface area contributed by atoms with Crippen LogP contribution in [0.5, 0.6) is 0 Å². The molecular weight excluding hydrogens is 452 g/mol. The average molecular weight is 493 g/mol. The van der Waals surface area contributed by atoms with Crippen molar-refractivity contribution >= 4 is 16.6 Å². The first kappa shape index (κ1) is 26.3. The van der Waals surface area contributed by atoms with E-state index in [0.29, 0.717) is 49.4 Å². The summed E-state index contributed by atoms with van der Waals surface area (Å²) < 4.78 is 26.8. The molecule has 1 fully saturated rings. The SMILES string of the molecule is CC[C@@](C#N)(O[Si](C)(C)C)c1cc2n(c(=O)c1CO[Si](C)(C)C(C)(C)C)CCC21OCCO1. The van der Waals surface area contributed by atoms with Gasteiger partial charge in [0.1, 0.15) is 6.07 Å². The molecule has 1 aromatic rings. The highest BCUT2D eigenvalue weighted by Gasteiger charge is 2.48. The van der Waals surface area contributed by atoms with E-state index in [9.17, 15) is 10.1 Å². The minimum Gasteiger partial charge on any atom is -0.412 e. The van der Waals surface area contributed by atoms with Gasteiger partial charge >= 0.3 is 0 Å². The molecule has 3 heterocycles. The molecule has 184 valence electrons. The second-order valence-corrected chi connectivity index (χ2v) is 20.9. The molecule has 0 N–H and O–H groups in total. The molecular formula is C24H40N2O5Si2. The highest BCUT2D eigenvalue weighted by Crippen LogP contribution is 2.43. The first-order chi connectivity index (χ1) is 15.1. The van der Waals surface area contributed by atoms with Crippen LogP contribution in [0.3, 0.4) is 0 Å². The second-order valence-electron chi connectivity index (χ2n) is 11.6. The van der Waals surface area contributed by atoms with Gasteiger partial charge in [0.05, 0.1) is 25.5 Å². The van der Waals surface area contributed by atoms with Crippen molar-refractivity contribution < 1.29 is 18.3 Å². The monoisotopic (exact) mass is 492 g/mol. The van der Waals surface area contributed by atoms with Gasteiger partial charge < -0.3 is 22.9 Å². The Bertz CT molecular complexity index is 994. The number of nitriles is 1. The molecule has 0 aromatic carbocycles. The Morgan fingerprint density at radius 3 is 2.27 bits per heavy atom. The lowest BCUT2D eigenvalue weighted by atomic mass is 9.88. The maximum Gasteiger partial charge on any atom is 0.256 e. The molecule has 0 saturated carbocycles. The molecule has 33 heavy (non-hydrogen) atoms. The van der Waals surface area contributed by atoms with Crippen LogP contribution in [0.1, 0.15) is 57.4 Å². The molecule has 9 heteroatoms. The van der Waals surface area contributed by atoms with Crippen molar-refractivity contribution in [1.82, 2.24) is 4.57 Å². The van der Waals surface area contributed by atoms with E-state index in [1.807, 2.05) is 13.0 Å². The van der Waals surface area contributed by atoms with Crippen LogP contribution in [-0.2, 0) is 42.9 Å². The summed E-state index contributed by atoms with van der Waals surface area (Å²) in [5.74, 6) is -0.916. The van der Waals surface area contributed by atoms with Crippen molar-refractivity contribution in [2.45, 2.75) is 103 Å². The molecule has 3 rings (SSSR count). The summed E-state index contributed by atoms with van der Waals surface area (Å²) in [6.07, 6.45) is 1.01. The highest BCUT2D eigenvalue weighted by molar-refractivity contribution is 6.74. The number of hydrogen-bond donors (Lipinski definition) is 0. The van der Waals surface area contributed by atoms with E-state index in [4.69, 9.17) is 18.3 Å². The van der Waals surface area contributed by atoms with E-state index in [1.54, 1.807) is 4.57 Å². The van der Waals surface area contributed by atoms with Gasteiger partial charge in [0.15, 0.2) is 22.2 Å². The fourth-order valence-corrected chi connectivity index (χ4v) is 6.62.